The van der Waals surface area contributed by atoms with Gasteiger partial charge in [-0.15, -0.1) is 0 Å². The van der Waals surface area contributed by atoms with Crippen LogP contribution in [0.1, 0.15) is 28.8 Å². The van der Waals surface area contributed by atoms with Crippen molar-refractivity contribution >= 4 is 29.1 Å². The SMILES string of the molecule is NC(=O)[C@H](CCCN=C(N)N)NC(=O)c1ccc(N)c(OCCc2ccccc2[N+](=O)[O-])c1. The van der Waals surface area contributed by atoms with E-state index in [9.17, 15) is 19.7 Å². The Morgan fingerprint density at radius 3 is 2.55 bits per heavy atom. The Balaban J connectivity index is 2.01. The fourth-order valence-corrected chi connectivity index (χ4v) is 3.00. The molecule has 0 aliphatic heterocycles. The minimum absolute atomic E-state index is 0.000432. The van der Waals surface area contributed by atoms with Gasteiger partial charge in [-0.25, -0.2) is 0 Å². The molecular weight excluding hydrogens is 430 g/mol. The lowest BCUT2D eigenvalue weighted by Crippen LogP contribution is -2.44. The summed E-state index contributed by atoms with van der Waals surface area (Å²) in [4.78, 5) is 38.8. The summed E-state index contributed by atoms with van der Waals surface area (Å²) in [6.45, 7) is 0.399. The van der Waals surface area contributed by atoms with E-state index in [1.165, 1.54) is 24.3 Å². The van der Waals surface area contributed by atoms with Gasteiger partial charge in [0.2, 0.25) is 5.91 Å². The molecule has 0 saturated heterocycles. The summed E-state index contributed by atoms with van der Waals surface area (Å²) >= 11 is 0. The zero-order valence-corrected chi connectivity index (χ0v) is 17.9. The number of carbonyl (C=O) groups is 2. The van der Waals surface area contributed by atoms with Gasteiger partial charge in [0.05, 0.1) is 17.2 Å². The highest BCUT2D eigenvalue weighted by Crippen LogP contribution is 2.24. The minimum Gasteiger partial charge on any atom is -0.491 e. The third-order valence-electron chi connectivity index (χ3n) is 4.69. The molecule has 2 aromatic carbocycles. The topological polar surface area (TPSA) is 215 Å². The van der Waals surface area contributed by atoms with Gasteiger partial charge in [-0.2, -0.15) is 0 Å². The van der Waals surface area contributed by atoms with Crippen molar-refractivity contribution in [2.75, 3.05) is 18.9 Å². The molecule has 2 amide bonds. The number of amides is 2. The Kier molecular flexibility index (Phi) is 8.97. The summed E-state index contributed by atoms with van der Waals surface area (Å²) in [5.74, 6) is -1.05. The summed E-state index contributed by atoms with van der Waals surface area (Å²) in [5, 5.41) is 13.7. The Hall–Kier alpha value is -4.35. The average molecular weight is 457 g/mol. The minimum atomic E-state index is -0.910. The zero-order chi connectivity index (χ0) is 24.4. The number of primary amides is 1. The molecule has 12 heteroatoms. The first kappa shape index (κ1) is 24.9. The molecule has 0 bridgehead atoms. The largest absolute Gasteiger partial charge is 0.491 e. The molecule has 0 aliphatic rings. The summed E-state index contributed by atoms with van der Waals surface area (Å²) in [7, 11) is 0. The van der Waals surface area contributed by atoms with Crippen molar-refractivity contribution in [3.8, 4) is 5.75 Å². The number of rotatable bonds is 12. The summed E-state index contributed by atoms with van der Waals surface area (Å²) < 4.78 is 5.66. The number of para-hydroxylation sites is 1. The first-order valence-corrected chi connectivity index (χ1v) is 10.1. The molecule has 0 aliphatic carbocycles. The highest BCUT2D eigenvalue weighted by molar-refractivity contribution is 5.98. The van der Waals surface area contributed by atoms with Crippen LogP contribution in [0.15, 0.2) is 47.5 Å². The lowest BCUT2D eigenvalue weighted by atomic mass is 10.1. The number of benzene rings is 2. The van der Waals surface area contributed by atoms with Crippen LogP contribution in [-0.4, -0.2) is 41.9 Å². The molecule has 0 heterocycles. The average Bonchev–Trinajstić information content (AvgIpc) is 2.76. The summed E-state index contributed by atoms with van der Waals surface area (Å²) in [6.07, 6.45) is 0.964. The lowest BCUT2D eigenvalue weighted by molar-refractivity contribution is -0.385. The number of nitrogens with two attached hydrogens (primary N) is 4. The number of guanidine groups is 1. The van der Waals surface area contributed by atoms with Gasteiger partial charge in [0.1, 0.15) is 11.8 Å². The van der Waals surface area contributed by atoms with Crippen molar-refractivity contribution in [3.05, 3.63) is 63.7 Å². The van der Waals surface area contributed by atoms with Crippen LogP contribution in [-0.2, 0) is 11.2 Å². The van der Waals surface area contributed by atoms with Gasteiger partial charge in [0.25, 0.3) is 11.6 Å². The lowest BCUT2D eigenvalue weighted by Gasteiger charge is -2.16. The molecule has 1 atom stereocenters. The van der Waals surface area contributed by atoms with E-state index in [4.69, 9.17) is 27.7 Å². The second-order valence-electron chi connectivity index (χ2n) is 7.11. The van der Waals surface area contributed by atoms with Gasteiger partial charge < -0.3 is 33.0 Å². The molecular formula is C21H27N7O5. The smallest absolute Gasteiger partial charge is 0.272 e. The number of nitro groups is 1. The number of aliphatic imine (C=N–C) groups is 1. The van der Waals surface area contributed by atoms with Crippen molar-refractivity contribution in [1.82, 2.24) is 5.32 Å². The molecule has 33 heavy (non-hydrogen) atoms. The number of nitrogens with one attached hydrogen (secondary N) is 1. The zero-order valence-electron chi connectivity index (χ0n) is 17.9. The van der Waals surface area contributed by atoms with E-state index in [1.54, 1.807) is 18.2 Å². The van der Waals surface area contributed by atoms with E-state index < -0.39 is 22.8 Å². The molecule has 0 radical (unpaired) electrons. The number of ether oxygens (including phenoxy) is 1. The molecule has 2 rings (SSSR count). The van der Waals surface area contributed by atoms with E-state index in [0.717, 1.165) is 0 Å². The fourth-order valence-electron chi connectivity index (χ4n) is 3.00. The van der Waals surface area contributed by atoms with Gasteiger partial charge in [0.15, 0.2) is 5.96 Å². The standard InChI is InChI=1S/C21H27N7O5/c22-15-8-7-14(20(30)27-16(19(23)29)5-3-10-26-21(24)25)12-18(15)33-11-9-13-4-1-2-6-17(13)28(31)32/h1-2,4,6-8,12,16H,3,5,9-11,22H2,(H2,23,29)(H,27,30)(H4,24,25,26)/t16-/m0/s1. The van der Waals surface area contributed by atoms with Crippen LogP contribution in [0, 0.1) is 10.1 Å². The van der Waals surface area contributed by atoms with Crippen molar-refractivity contribution in [2.24, 2.45) is 22.2 Å². The molecule has 176 valence electrons. The maximum Gasteiger partial charge on any atom is 0.272 e. The van der Waals surface area contributed by atoms with Crippen molar-refractivity contribution < 1.29 is 19.2 Å². The maximum atomic E-state index is 12.6. The van der Waals surface area contributed by atoms with Gasteiger partial charge in [0, 0.05) is 30.2 Å². The van der Waals surface area contributed by atoms with Gasteiger partial charge in [-0.05, 0) is 31.0 Å². The highest BCUT2D eigenvalue weighted by atomic mass is 16.6. The highest BCUT2D eigenvalue weighted by Gasteiger charge is 2.19. The number of hydrogen-bond acceptors (Lipinski definition) is 7. The second-order valence-corrected chi connectivity index (χ2v) is 7.11. The van der Waals surface area contributed by atoms with Crippen LogP contribution in [0.25, 0.3) is 0 Å². The Labute approximate surface area is 190 Å². The van der Waals surface area contributed by atoms with Gasteiger partial charge in [-0.3, -0.25) is 24.7 Å². The second kappa shape index (κ2) is 11.9. The van der Waals surface area contributed by atoms with E-state index in [0.29, 0.717) is 18.5 Å². The van der Waals surface area contributed by atoms with Crippen LogP contribution < -0.4 is 33.0 Å². The monoisotopic (exact) mass is 457 g/mol. The molecule has 9 N–H and O–H groups in total. The van der Waals surface area contributed by atoms with Crippen LogP contribution in [0.3, 0.4) is 0 Å². The van der Waals surface area contributed by atoms with Crippen molar-refractivity contribution in [3.63, 3.8) is 0 Å². The number of hydrogen-bond donors (Lipinski definition) is 5. The summed E-state index contributed by atoms with van der Waals surface area (Å²) in [5.41, 5.74) is 22.8. The van der Waals surface area contributed by atoms with Crippen LogP contribution >= 0.6 is 0 Å². The first-order valence-electron chi connectivity index (χ1n) is 10.1. The predicted molar refractivity (Wildman–Crippen MR) is 124 cm³/mol. The molecule has 0 fully saturated rings. The molecule has 2 aromatic rings. The summed E-state index contributed by atoms with van der Waals surface area (Å²) in [6, 6.07) is 9.85. The Morgan fingerprint density at radius 2 is 1.88 bits per heavy atom. The first-order chi connectivity index (χ1) is 15.7. The van der Waals surface area contributed by atoms with Crippen molar-refractivity contribution in [1.29, 1.82) is 0 Å². The van der Waals surface area contributed by atoms with E-state index in [-0.39, 0.29) is 48.1 Å². The molecule has 0 aromatic heterocycles. The van der Waals surface area contributed by atoms with E-state index in [2.05, 4.69) is 10.3 Å². The van der Waals surface area contributed by atoms with E-state index >= 15 is 0 Å². The van der Waals surface area contributed by atoms with Gasteiger partial charge >= 0.3 is 0 Å². The van der Waals surface area contributed by atoms with Crippen molar-refractivity contribution in [2.45, 2.75) is 25.3 Å². The number of nitrogen functional groups attached to an aromatic ring is 1. The number of carbonyl (C=O) groups excluding carboxylic acids is 2. The quantitative estimate of drug-likeness (QED) is 0.0750. The Bertz CT molecular complexity index is 1040. The van der Waals surface area contributed by atoms with Gasteiger partial charge in [-0.1, -0.05) is 18.2 Å². The maximum absolute atomic E-state index is 12.6. The molecule has 12 nitrogen and oxygen atoms in total. The molecule has 0 unspecified atom stereocenters. The third-order valence-corrected chi connectivity index (χ3v) is 4.69. The van der Waals surface area contributed by atoms with Crippen LogP contribution in [0.2, 0.25) is 0 Å². The normalized spacial score (nSPS) is 11.3. The van der Waals surface area contributed by atoms with Crippen LogP contribution in [0.5, 0.6) is 5.75 Å². The number of anilines is 1. The fraction of sp³-hybridized carbons (Fsp3) is 0.286. The molecule has 0 spiro atoms. The predicted octanol–water partition coefficient (Wildman–Crippen LogP) is 0.436. The number of nitro benzene ring substituents is 1. The third kappa shape index (κ3) is 7.69. The van der Waals surface area contributed by atoms with E-state index in [1.807, 2.05) is 0 Å². The van der Waals surface area contributed by atoms with Crippen LogP contribution in [0.4, 0.5) is 11.4 Å². The molecule has 0 saturated carbocycles. The number of nitrogens with zero attached hydrogens (tertiary/aromatic N) is 2. The Morgan fingerprint density at radius 1 is 1.15 bits per heavy atom.